The van der Waals surface area contributed by atoms with Crippen molar-refractivity contribution in [2.24, 2.45) is 10.7 Å². The van der Waals surface area contributed by atoms with Gasteiger partial charge in [-0.1, -0.05) is 0 Å². The van der Waals surface area contributed by atoms with E-state index in [9.17, 15) is 0 Å². The quantitative estimate of drug-likeness (QED) is 0.357. The summed E-state index contributed by atoms with van der Waals surface area (Å²) in [5.41, 5.74) is 6.78. The molecule has 3 N–H and O–H groups in total. The lowest BCUT2D eigenvalue weighted by Gasteiger charge is -2.10. The Morgan fingerprint density at radius 3 is 2.75 bits per heavy atom. The SMILES string of the molecule is I.NC(=NCCc1ccc(Br)s1)Nc1ccc2c(c1)OCCCO2. The minimum atomic E-state index is 0. The molecule has 0 aliphatic carbocycles. The molecule has 24 heavy (non-hydrogen) atoms. The molecule has 0 fully saturated rings. The topological polar surface area (TPSA) is 68.9 Å². The molecule has 0 unspecified atom stereocenters. The van der Waals surface area contributed by atoms with Crippen LogP contribution in [0.1, 0.15) is 11.3 Å². The summed E-state index contributed by atoms with van der Waals surface area (Å²) < 4.78 is 12.4. The first-order valence-corrected chi connectivity index (χ1v) is 9.02. The smallest absolute Gasteiger partial charge is 0.193 e. The fraction of sp³-hybridized carbons (Fsp3) is 0.312. The Morgan fingerprint density at radius 2 is 2.00 bits per heavy atom. The molecule has 0 saturated heterocycles. The van der Waals surface area contributed by atoms with E-state index in [0.29, 0.717) is 25.7 Å². The zero-order chi connectivity index (χ0) is 16.1. The Hall–Kier alpha value is -1.00. The zero-order valence-electron chi connectivity index (χ0n) is 13.0. The van der Waals surface area contributed by atoms with E-state index in [-0.39, 0.29) is 24.0 Å². The Balaban J connectivity index is 0.00000208. The maximum Gasteiger partial charge on any atom is 0.193 e. The summed E-state index contributed by atoms with van der Waals surface area (Å²) in [4.78, 5) is 5.64. The van der Waals surface area contributed by atoms with Crippen molar-refractivity contribution < 1.29 is 9.47 Å². The molecule has 130 valence electrons. The maximum absolute atomic E-state index is 5.94. The maximum atomic E-state index is 5.94. The minimum Gasteiger partial charge on any atom is -0.490 e. The Kier molecular flexibility index (Phi) is 7.63. The predicted molar refractivity (Wildman–Crippen MR) is 113 cm³/mol. The van der Waals surface area contributed by atoms with Crippen molar-refractivity contribution in [2.45, 2.75) is 12.8 Å². The summed E-state index contributed by atoms with van der Waals surface area (Å²) in [6, 6.07) is 9.83. The summed E-state index contributed by atoms with van der Waals surface area (Å²) in [6.07, 6.45) is 1.76. The normalized spacial score (nSPS) is 13.8. The van der Waals surface area contributed by atoms with Crippen molar-refractivity contribution in [1.82, 2.24) is 0 Å². The number of anilines is 1. The summed E-state index contributed by atoms with van der Waals surface area (Å²) in [5.74, 6) is 1.91. The number of guanidine groups is 1. The number of nitrogens with two attached hydrogens (primary N) is 1. The number of ether oxygens (including phenoxy) is 2. The molecule has 5 nitrogen and oxygen atoms in total. The molecule has 0 saturated carbocycles. The van der Waals surface area contributed by atoms with E-state index >= 15 is 0 Å². The molecule has 1 aliphatic heterocycles. The van der Waals surface area contributed by atoms with Gasteiger partial charge >= 0.3 is 0 Å². The van der Waals surface area contributed by atoms with Crippen LogP contribution in [-0.4, -0.2) is 25.7 Å². The molecule has 3 rings (SSSR count). The number of hydrogen-bond donors (Lipinski definition) is 2. The van der Waals surface area contributed by atoms with Gasteiger partial charge in [-0.05, 0) is 40.2 Å². The van der Waals surface area contributed by atoms with E-state index < -0.39 is 0 Å². The van der Waals surface area contributed by atoms with Gasteiger partial charge < -0.3 is 20.5 Å². The summed E-state index contributed by atoms with van der Waals surface area (Å²) in [5, 5.41) is 3.09. The molecule has 0 bridgehead atoms. The molecule has 2 aromatic rings. The molecule has 0 spiro atoms. The van der Waals surface area contributed by atoms with Gasteiger partial charge in [0, 0.05) is 36.0 Å². The number of benzene rings is 1. The lowest BCUT2D eigenvalue weighted by atomic mass is 10.3. The van der Waals surface area contributed by atoms with E-state index in [1.54, 1.807) is 11.3 Å². The number of fused-ring (bicyclic) bond motifs is 1. The molecule has 1 aromatic heterocycles. The Bertz CT molecular complexity index is 708. The predicted octanol–water partition coefficient (Wildman–Crippen LogP) is 4.26. The van der Waals surface area contributed by atoms with Crippen LogP contribution >= 0.6 is 51.2 Å². The molecule has 0 radical (unpaired) electrons. The van der Waals surface area contributed by atoms with Crippen LogP contribution in [0.2, 0.25) is 0 Å². The van der Waals surface area contributed by atoms with Crippen LogP contribution < -0.4 is 20.5 Å². The van der Waals surface area contributed by atoms with Gasteiger partial charge in [-0.15, -0.1) is 35.3 Å². The van der Waals surface area contributed by atoms with Gasteiger partial charge in [0.05, 0.1) is 17.0 Å². The third kappa shape index (κ3) is 5.52. The van der Waals surface area contributed by atoms with Gasteiger partial charge in [-0.25, -0.2) is 0 Å². The lowest BCUT2D eigenvalue weighted by Crippen LogP contribution is -2.23. The van der Waals surface area contributed by atoms with Crippen LogP contribution in [0.25, 0.3) is 0 Å². The number of aliphatic imine (C=N–C) groups is 1. The number of rotatable bonds is 4. The standard InChI is InChI=1S/C16H18BrN3O2S.HI/c17-15-5-3-12(23-15)6-7-19-16(18)20-11-2-4-13-14(10-11)22-9-1-8-21-13;/h2-5,10H,1,6-9H2,(H3,18,19,20);1H. The second kappa shape index (κ2) is 9.47. The highest BCUT2D eigenvalue weighted by Crippen LogP contribution is 2.32. The van der Waals surface area contributed by atoms with Crippen molar-refractivity contribution in [1.29, 1.82) is 0 Å². The van der Waals surface area contributed by atoms with Gasteiger partial charge in [-0.3, -0.25) is 4.99 Å². The first-order chi connectivity index (χ1) is 11.2. The number of nitrogens with one attached hydrogen (secondary N) is 1. The van der Waals surface area contributed by atoms with E-state index in [1.807, 2.05) is 24.3 Å². The fourth-order valence-corrected chi connectivity index (χ4v) is 3.67. The average molecular weight is 524 g/mol. The monoisotopic (exact) mass is 523 g/mol. The van der Waals surface area contributed by atoms with E-state index in [0.717, 1.165) is 33.8 Å². The number of nitrogens with zero attached hydrogens (tertiary/aromatic N) is 1. The van der Waals surface area contributed by atoms with Crippen molar-refractivity contribution in [3.63, 3.8) is 0 Å². The minimum absolute atomic E-state index is 0. The number of thiophene rings is 1. The summed E-state index contributed by atoms with van der Waals surface area (Å²) in [6.45, 7) is 1.99. The average Bonchev–Trinajstić information content (AvgIpc) is 2.81. The third-order valence-electron chi connectivity index (χ3n) is 3.29. The molecular weight excluding hydrogens is 505 g/mol. The fourth-order valence-electron chi connectivity index (χ4n) is 2.20. The van der Waals surface area contributed by atoms with Gasteiger partial charge in [0.2, 0.25) is 0 Å². The van der Waals surface area contributed by atoms with Crippen molar-refractivity contribution in [3.05, 3.63) is 39.0 Å². The van der Waals surface area contributed by atoms with Crippen molar-refractivity contribution in [3.8, 4) is 11.5 Å². The van der Waals surface area contributed by atoms with Crippen LogP contribution in [-0.2, 0) is 6.42 Å². The van der Waals surface area contributed by atoms with Crippen molar-refractivity contribution >= 4 is 62.9 Å². The first kappa shape index (κ1) is 19.3. The van der Waals surface area contributed by atoms with E-state index in [1.165, 1.54) is 4.88 Å². The Labute approximate surface area is 170 Å². The van der Waals surface area contributed by atoms with Crippen LogP contribution in [0.15, 0.2) is 39.1 Å². The lowest BCUT2D eigenvalue weighted by molar-refractivity contribution is 0.297. The Morgan fingerprint density at radius 1 is 1.21 bits per heavy atom. The van der Waals surface area contributed by atoms with Crippen molar-refractivity contribution in [2.75, 3.05) is 25.1 Å². The number of halogens is 2. The van der Waals surface area contributed by atoms with Crippen LogP contribution in [0.5, 0.6) is 11.5 Å². The van der Waals surface area contributed by atoms with Gasteiger partial charge in [0.25, 0.3) is 0 Å². The first-order valence-electron chi connectivity index (χ1n) is 7.41. The molecule has 2 heterocycles. The molecule has 0 atom stereocenters. The largest absolute Gasteiger partial charge is 0.490 e. The highest BCUT2D eigenvalue weighted by molar-refractivity contribution is 14.0. The van der Waals surface area contributed by atoms with Crippen LogP contribution in [0.3, 0.4) is 0 Å². The summed E-state index contributed by atoms with van der Waals surface area (Å²) >= 11 is 5.17. The molecular formula is C16H19BrIN3O2S. The van der Waals surface area contributed by atoms with E-state index in [4.69, 9.17) is 15.2 Å². The molecule has 1 aliphatic rings. The van der Waals surface area contributed by atoms with E-state index in [2.05, 4.69) is 32.3 Å². The third-order valence-corrected chi connectivity index (χ3v) is 4.97. The molecule has 0 amide bonds. The van der Waals surface area contributed by atoms with Gasteiger partial charge in [0.1, 0.15) is 0 Å². The molecule has 8 heteroatoms. The van der Waals surface area contributed by atoms with Gasteiger partial charge in [0.15, 0.2) is 17.5 Å². The highest BCUT2D eigenvalue weighted by atomic mass is 127. The van der Waals surface area contributed by atoms with Gasteiger partial charge in [-0.2, -0.15) is 0 Å². The van der Waals surface area contributed by atoms with Crippen LogP contribution in [0.4, 0.5) is 5.69 Å². The van der Waals surface area contributed by atoms with Crippen LogP contribution in [0, 0.1) is 0 Å². The second-order valence-electron chi connectivity index (χ2n) is 5.06. The number of hydrogen-bond acceptors (Lipinski definition) is 4. The second-order valence-corrected chi connectivity index (χ2v) is 7.61. The highest BCUT2D eigenvalue weighted by Gasteiger charge is 2.10. The summed E-state index contributed by atoms with van der Waals surface area (Å²) in [7, 11) is 0. The molecule has 1 aromatic carbocycles. The zero-order valence-corrected chi connectivity index (χ0v) is 17.7.